The van der Waals surface area contributed by atoms with Crippen LogP contribution < -0.4 is 5.32 Å². The molecule has 2 aromatic rings. The Balaban J connectivity index is 1.04. The number of carbonyl (C=O) groups excluding carboxylic acids is 2. The first-order chi connectivity index (χ1) is 27.6. The summed E-state index contributed by atoms with van der Waals surface area (Å²) in [6.45, 7) is 27.5. The molecule has 0 spiro atoms. The molecule has 1 amide bonds. The summed E-state index contributed by atoms with van der Waals surface area (Å²) in [5.41, 5.74) is 2.38. The Morgan fingerprint density at radius 2 is 1.56 bits per heavy atom. The van der Waals surface area contributed by atoms with Gasteiger partial charge in [-0.15, -0.1) is 0 Å². The molecule has 0 unspecified atom stereocenters. The Morgan fingerprint density at radius 3 is 2.20 bits per heavy atom. The molecule has 6 aliphatic carbocycles. The van der Waals surface area contributed by atoms with E-state index in [2.05, 4.69) is 84.4 Å². The van der Waals surface area contributed by atoms with Crippen molar-refractivity contribution < 1.29 is 24.2 Å². The third-order valence-corrected chi connectivity index (χ3v) is 19.5. The number of ether oxygens (including phenoxy) is 1. The lowest BCUT2D eigenvalue weighted by molar-refractivity contribution is -0.251. The third-order valence-electron chi connectivity index (χ3n) is 19.5. The zero-order chi connectivity index (χ0) is 42.7. The molecule has 8 heteroatoms. The van der Waals surface area contributed by atoms with E-state index < -0.39 is 22.7 Å². The van der Waals surface area contributed by atoms with Crippen LogP contribution >= 0.6 is 0 Å². The maximum absolute atomic E-state index is 15.2. The van der Waals surface area contributed by atoms with Crippen molar-refractivity contribution in [2.24, 2.45) is 79.8 Å². The van der Waals surface area contributed by atoms with Crippen LogP contribution in [0.3, 0.4) is 0 Å². The first-order valence-corrected chi connectivity index (χ1v) is 23.1. The van der Waals surface area contributed by atoms with Gasteiger partial charge in [0.15, 0.2) is 0 Å². The van der Waals surface area contributed by atoms with E-state index in [4.69, 9.17) is 9.72 Å². The second-order valence-electron chi connectivity index (χ2n) is 22.9. The molecule has 13 atom stereocenters. The monoisotopic (exact) mass is 808 g/mol. The van der Waals surface area contributed by atoms with Crippen LogP contribution in [0, 0.1) is 79.8 Å². The van der Waals surface area contributed by atoms with Crippen LogP contribution in [-0.2, 0) is 19.1 Å². The normalized spacial score (nSPS) is 40.9. The smallest absolute Gasteiger partial charge is 0.309 e. The maximum Gasteiger partial charge on any atom is 0.309 e. The van der Waals surface area contributed by atoms with Gasteiger partial charge in [0.1, 0.15) is 11.9 Å². The largest absolute Gasteiger partial charge is 0.481 e. The lowest BCUT2D eigenvalue weighted by Crippen LogP contribution is -2.67. The molecule has 1 heterocycles. The van der Waals surface area contributed by atoms with Gasteiger partial charge in [0.25, 0.3) is 0 Å². The number of carbonyl (C=O) groups is 3. The molecule has 1 aromatic carbocycles. The summed E-state index contributed by atoms with van der Waals surface area (Å²) in [5.74, 6) is 1.28. The van der Waals surface area contributed by atoms with E-state index in [1.165, 1.54) is 5.57 Å². The minimum Gasteiger partial charge on any atom is -0.481 e. The standard InChI is InChI=1S/C51H73N3O5/c1-29(2)32-19-24-51(45(58)54-41(30(3)4)42-52-28-36(53-42)31-15-13-12-14-16-31)26-25-49(10)33(40(32)51)17-18-38-48(9)22-21-39(47(7,8)37(48)20-23-50(38,49)11)59-44(57)35-27-34(43(55)56)46(35,5)6/h12-16,28,30,32-35,37-41H,1,17-27H2,2-11H3,(H,52,53)(H,54,58)(H,55,56)/t32-,33+,34-,35+,37-,38+,39-,40+,41-,48-,49+,50+,51-/m0/s1. The van der Waals surface area contributed by atoms with Gasteiger partial charge in [-0.05, 0) is 140 Å². The second-order valence-corrected chi connectivity index (χ2v) is 22.9. The van der Waals surface area contributed by atoms with Gasteiger partial charge < -0.3 is 20.1 Å². The number of esters is 1. The van der Waals surface area contributed by atoms with Crippen molar-refractivity contribution in [3.05, 3.63) is 54.5 Å². The second kappa shape index (κ2) is 14.3. The van der Waals surface area contributed by atoms with E-state index in [0.717, 1.165) is 81.3 Å². The van der Waals surface area contributed by atoms with Crippen LogP contribution in [0.5, 0.6) is 0 Å². The van der Waals surface area contributed by atoms with Crippen molar-refractivity contribution in [2.45, 2.75) is 152 Å². The number of H-pyrrole nitrogens is 1. The molecule has 8 nitrogen and oxygen atoms in total. The molecule has 322 valence electrons. The number of nitrogens with one attached hydrogen (secondary N) is 2. The molecule has 0 aliphatic heterocycles. The zero-order valence-corrected chi connectivity index (χ0v) is 37.8. The Kier molecular flexibility index (Phi) is 10.3. The molecule has 0 radical (unpaired) electrons. The van der Waals surface area contributed by atoms with Crippen LogP contribution in [0.25, 0.3) is 11.3 Å². The van der Waals surface area contributed by atoms with Gasteiger partial charge in [-0.25, -0.2) is 4.98 Å². The average molecular weight is 808 g/mol. The third kappa shape index (κ3) is 6.15. The fourth-order valence-electron chi connectivity index (χ4n) is 15.8. The molecule has 6 aliphatic rings. The maximum atomic E-state index is 15.2. The van der Waals surface area contributed by atoms with Gasteiger partial charge in [-0.2, -0.15) is 0 Å². The lowest BCUT2D eigenvalue weighted by atomic mass is 9.32. The Morgan fingerprint density at radius 1 is 0.847 bits per heavy atom. The Bertz CT molecular complexity index is 1980. The van der Waals surface area contributed by atoms with Crippen LogP contribution in [0.15, 0.2) is 48.7 Å². The van der Waals surface area contributed by atoms with Crippen LogP contribution in [-0.4, -0.2) is 39.0 Å². The molecule has 8 rings (SSSR count). The van der Waals surface area contributed by atoms with Crippen molar-refractivity contribution >= 4 is 17.8 Å². The fraction of sp³-hybridized carbons (Fsp3) is 0.725. The van der Waals surface area contributed by atoms with Gasteiger partial charge in [0.05, 0.1) is 35.2 Å². The van der Waals surface area contributed by atoms with E-state index in [9.17, 15) is 14.7 Å². The van der Waals surface area contributed by atoms with Gasteiger partial charge >= 0.3 is 11.9 Å². The number of aromatic nitrogens is 2. The number of amides is 1. The summed E-state index contributed by atoms with van der Waals surface area (Å²) in [5, 5.41) is 13.3. The number of rotatable bonds is 9. The lowest BCUT2D eigenvalue weighted by Gasteiger charge is -2.73. The number of carboxylic acids is 1. The van der Waals surface area contributed by atoms with Crippen molar-refractivity contribution in [2.75, 3.05) is 0 Å². The molecule has 0 saturated heterocycles. The summed E-state index contributed by atoms with van der Waals surface area (Å²) in [6, 6.07) is 10.0. The molecule has 3 N–H and O–H groups in total. The quantitative estimate of drug-likeness (QED) is 0.171. The Labute approximate surface area is 353 Å². The van der Waals surface area contributed by atoms with E-state index in [-0.39, 0.29) is 63.4 Å². The number of benzene rings is 1. The van der Waals surface area contributed by atoms with Gasteiger partial charge in [-0.3, -0.25) is 14.4 Å². The number of allylic oxidation sites excluding steroid dienone is 1. The topological polar surface area (TPSA) is 121 Å². The van der Waals surface area contributed by atoms with Crippen LogP contribution in [0.4, 0.5) is 0 Å². The number of hydrogen-bond acceptors (Lipinski definition) is 5. The van der Waals surface area contributed by atoms with Crippen LogP contribution in [0.2, 0.25) is 0 Å². The highest BCUT2D eigenvalue weighted by Gasteiger charge is 2.72. The van der Waals surface area contributed by atoms with E-state index >= 15 is 4.79 Å². The van der Waals surface area contributed by atoms with Gasteiger partial charge in [0.2, 0.25) is 5.91 Å². The SMILES string of the molecule is C=C(C)[C@@H]1CC[C@]2(C(=O)N[C@H](c3ncc(-c4ccccc4)[nH]3)C(C)C)CC[C@]3(C)[C@H](CC[C@@H]4[C@@]5(C)CC[C@H](OC(=O)[C@H]6C[C@@H](C(=O)O)C6(C)C)C(C)(C)[C@@H]5CC[C@]43C)[C@@H]12. The summed E-state index contributed by atoms with van der Waals surface area (Å²) in [4.78, 5) is 49.1. The highest BCUT2D eigenvalue weighted by atomic mass is 16.5. The van der Waals surface area contributed by atoms with Crippen molar-refractivity contribution in [1.29, 1.82) is 0 Å². The first-order valence-electron chi connectivity index (χ1n) is 23.1. The molecule has 1 aromatic heterocycles. The number of imidazole rings is 1. The molecule has 0 bridgehead atoms. The molecule has 6 fully saturated rings. The summed E-state index contributed by atoms with van der Waals surface area (Å²) >= 11 is 0. The highest BCUT2D eigenvalue weighted by molar-refractivity contribution is 5.84. The highest BCUT2D eigenvalue weighted by Crippen LogP contribution is 2.77. The van der Waals surface area contributed by atoms with E-state index in [1.54, 1.807) is 0 Å². The summed E-state index contributed by atoms with van der Waals surface area (Å²) < 4.78 is 6.46. The van der Waals surface area contributed by atoms with E-state index in [1.807, 2.05) is 38.2 Å². The number of aromatic amines is 1. The summed E-state index contributed by atoms with van der Waals surface area (Å²) in [7, 11) is 0. The number of fused-ring (bicyclic) bond motifs is 7. The Hall–Kier alpha value is -3.42. The van der Waals surface area contributed by atoms with Crippen molar-refractivity contribution in [1.82, 2.24) is 15.3 Å². The molecule has 6 saturated carbocycles. The number of nitrogens with zero attached hydrogens (tertiary/aromatic N) is 1. The first kappa shape index (κ1) is 42.3. The van der Waals surface area contributed by atoms with Gasteiger partial charge in [0, 0.05) is 5.41 Å². The van der Waals surface area contributed by atoms with Crippen molar-refractivity contribution in [3.8, 4) is 11.3 Å². The minimum atomic E-state index is -0.820. The predicted molar refractivity (Wildman–Crippen MR) is 232 cm³/mol. The number of aliphatic carboxylic acids is 1. The molecule has 59 heavy (non-hydrogen) atoms. The number of carboxylic acid groups (broad SMARTS) is 1. The average Bonchev–Trinajstić information content (AvgIpc) is 3.82. The molecular weight excluding hydrogens is 735 g/mol. The van der Waals surface area contributed by atoms with Gasteiger partial charge in [-0.1, -0.05) is 105 Å². The predicted octanol–water partition coefficient (Wildman–Crippen LogP) is 11.2. The zero-order valence-electron chi connectivity index (χ0n) is 37.8. The van der Waals surface area contributed by atoms with E-state index in [0.29, 0.717) is 30.1 Å². The fourth-order valence-corrected chi connectivity index (χ4v) is 15.8. The van der Waals surface area contributed by atoms with Crippen molar-refractivity contribution in [3.63, 3.8) is 0 Å². The molecular formula is C51H73N3O5. The van der Waals surface area contributed by atoms with Crippen LogP contribution in [0.1, 0.15) is 152 Å². The minimum absolute atomic E-state index is 0.0867. The number of hydrogen-bond donors (Lipinski definition) is 3. The summed E-state index contributed by atoms with van der Waals surface area (Å²) in [6.07, 6.45) is 12.4.